The van der Waals surface area contributed by atoms with Crippen LogP contribution in [0.1, 0.15) is 52.5 Å². The highest BCUT2D eigenvalue weighted by Crippen LogP contribution is 2.16. The molecule has 0 heterocycles. The van der Waals surface area contributed by atoms with Gasteiger partial charge < -0.3 is 4.74 Å². The Labute approximate surface area is 117 Å². The zero-order valence-corrected chi connectivity index (χ0v) is 12.6. The van der Waals surface area contributed by atoms with Crippen molar-refractivity contribution >= 4 is 5.97 Å². The van der Waals surface area contributed by atoms with Crippen LogP contribution in [-0.4, -0.2) is 11.6 Å². The Bertz CT molecular complexity index is 376. The molecule has 0 bridgehead atoms. The number of rotatable bonds is 6. The Balaban J connectivity index is 2.21. The average Bonchev–Trinajstić information content (AvgIpc) is 2.27. The molecule has 106 valence electrons. The number of esters is 1. The third kappa shape index (κ3) is 7.66. The van der Waals surface area contributed by atoms with Crippen LogP contribution in [0.25, 0.3) is 0 Å². The minimum atomic E-state index is -0.368. The summed E-state index contributed by atoms with van der Waals surface area (Å²) in [5, 5.41) is 0. The van der Waals surface area contributed by atoms with Gasteiger partial charge in [-0.25, -0.2) is 0 Å². The van der Waals surface area contributed by atoms with Gasteiger partial charge in [0.05, 0.1) is 0 Å². The van der Waals surface area contributed by atoms with Gasteiger partial charge in [0.2, 0.25) is 0 Å². The molecule has 0 spiro atoms. The van der Waals surface area contributed by atoms with E-state index in [2.05, 4.69) is 31.2 Å². The summed E-state index contributed by atoms with van der Waals surface area (Å²) < 4.78 is 5.30. The Kier molecular flexibility index (Phi) is 6.07. The molecule has 1 aromatic carbocycles. The number of carbonyl (C=O) groups excluding carboxylic acids is 1. The molecule has 1 aromatic rings. The van der Waals surface area contributed by atoms with Gasteiger partial charge in [0.15, 0.2) is 0 Å². The van der Waals surface area contributed by atoms with Gasteiger partial charge in [0.25, 0.3) is 0 Å². The molecule has 2 heteroatoms. The molecule has 1 atom stereocenters. The third-order valence-electron chi connectivity index (χ3n) is 2.92. The van der Waals surface area contributed by atoms with Crippen LogP contribution in [0, 0.1) is 5.92 Å². The molecule has 0 fully saturated rings. The van der Waals surface area contributed by atoms with E-state index < -0.39 is 0 Å². The van der Waals surface area contributed by atoms with E-state index in [9.17, 15) is 4.79 Å². The molecule has 0 saturated carbocycles. The van der Waals surface area contributed by atoms with Gasteiger partial charge in [0.1, 0.15) is 5.60 Å². The monoisotopic (exact) mass is 262 g/mol. The second kappa shape index (κ2) is 7.32. The summed E-state index contributed by atoms with van der Waals surface area (Å²) in [4.78, 5) is 11.6. The van der Waals surface area contributed by atoms with Crippen molar-refractivity contribution < 1.29 is 9.53 Å². The highest BCUT2D eigenvalue weighted by atomic mass is 16.6. The molecular weight excluding hydrogens is 236 g/mol. The van der Waals surface area contributed by atoms with Crippen molar-refractivity contribution in [1.29, 1.82) is 0 Å². The highest BCUT2D eigenvalue weighted by Gasteiger charge is 2.16. The van der Waals surface area contributed by atoms with E-state index in [-0.39, 0.29) is 11.6 Å². The van der Waals surface area contributed by atoms with Gasteiger partial charge in [-0.05, 0) is 51.5 Å². The Morgan fingerprint density at radius 1 is 1.21 bits per heavy atom. The van der Waals surface area contributed by atoms with Gasteiger partial charge >= 0.3 is 5.97 Å². The first-order chi connectivity index (χ1) is 8.87. The molecule has 0 aliphatic rings. The fourth-order valence-corrected chi connectivity index (χ4v) is 2.11. The topological polar surface area (TPSA) is 26.3 Å². The van der Waals surface area contributed by atoms with Crippen LogP contribution < -0.4 is 0 Å². The molecule has 0 saturated heterocycles. The maximum absolute atomic E-state index is 11.6. The zero-order chi connectivity index (χ0) is 14.3. The molecule has 2 nitrogen and oxygen atoms in total. The number of hydrogen-bond donors (Lipinski definition) is 0. The maximum Gasteiger partial charge on any atom is 0.306 e. The van der Waals surface area contributed by atoms with E-state index in [0.717, 1.165) is 19.3 Å². The zero-order valence-electron chi connectivity index (χ0n) is 12.6. The SMILES string of the molecule is C[C@H](CCCC(=O)OC(C)(C)C)Cc1ccccc1. The quantitative estimate of drug-likeness (QED) is 0.711. The lowest BCUT2D eigenvalue weighted by atomic mass is 9.96. The minimum absolute atomic E-state index is 0.0839. The van der Waals surface area contributed by atoms with E-state index in [1.165, 1.54) is 5.56 Å². The molecule has 0 amide bonds. The van der Waals surface area contributed by atoms with Crippen LogP contribution in [-0.2, 0) is 16.0 Å². The Hall–Kier alpha value is -1.31. The lowest BCUT2D eigenvalue weighted by Gasteiger charge is -2.19. The van der Waals surface area contributed by atoms with Crippen molar-refractivity contribution in [3.05, 3.63) is 35.9 Å². The molecular formula is C17H26O2. The molecule has 0 radical (unpaired) electrons. The predicted octanol–water partition coefficient (Wildman–Crippen LogP) is 4.38. The number of ether oxygens (including phenoxy) is 1. The first kappa shape index (κ1) is 15.7. The second-order valence-corrected chi connectivity index (χ2v) is 6.27. The van der Waals surface area contributed by atoms with E-state index in [0.29, 0.717) is 12.3 Å². The number of hydrogen-bond acceptors (Lipinski definition) is 2. The summed E-state index contributed by atoms with van der Waals surface area (Å²) in [5.41, 5.74) is 1.000. The lowest BCUT2D eigenvalue weighted by molar-refractivity contribution is -0.154. The van der Waals surface area contributed by atoms with Gasteiger partial charge in [-0.3, -0.25) is 4.79 Å². The van der Waals surface area contributed by atoms with Gasteiger partial charge in [-0.2, -0.15) is 0 Å². The fraction of sp³-hybridized carbons (Fsp3) is 0.588. The van der Waals surface area contributed by atoms with Crippen molar-refractivity contribution in [2.24, 2.45) is 5.92 Å². The molecule has 0 N–H and O–H groups in total. The van der Waals surface area contributed by atoms with Crippen molar-refractivity contribution in [1.82, 2.24) is 0 Å². The fourth-order valence-electron chi connectivity index (χ4n) is 2.11. The van der Waals surface area contributed by atoms with Gasteiger partial charge in [-0.1, -0.05) is 37.3 Å². The summed E-state index contributed by atoms with van der Waals surface area (Å²) in [5.74, 6) is 0.518. The first-order valence-electron chi connectivity index (χ1n) is 7.12. The van der Waals surface area contributed by atoms with E-state index in [1.807, 2.05) is 26.8 Å². The van der Waals surface area contributed by atoms with Crippen LogP contribution in [0.4, 0.5) is 0 Å². The van der Waals surface area contributed by atoms with Crippen molar-refractivity contribution in [3.8, 4) is 0 Å². The van der Waals surface area contributed by atoms with Crippen molar-refractivity contribution in [3.63, 3.8) is 0 Å². The summed E-state index contributed by atoms with van der Waals surface area (Å²) >= 11 is 0. The Morgan fingerprint density at radius 3 is 2.42 bits per heavy atom. The molecule has 1 rings (SSSR count). The van der Waals surface area contributed by atoms with Gasteiger partial charge in [0, 0.05) is 6.42 Å². The predicted molar refractivity (Wildman–Crippen MR) is 79.0 cm³/mol. The normalized spacial score (nSPS) is 13.1. The van der Waals surface area contributed by atoms with Crippen molar-refractivity contribution in [2.75, 3.05) is 0 Å². The summed E-state index contributed by atoms with van der Waals surface area (Å²) in [6, 6.07) is 10.5. The lowest BCUT2D eigenvalue weighted by Crippen LogP contribution is -2.23. The van der Waals surface area contributed by atoms with Crippen LogP contribution in [0.2, 0.25) is 0 Å². The van der Waals surface area contributed by atoms with Crippen molar-refractivity contribution in [2.45, 2.75) is 59.0 Å². The summed E-state index contributed by atoms with van der Waals surface area (Å²) in [6.07, 6.45) is 3.57. The molecule has 0 unspecified atom stereocenters. The molecule has 0 aliphatic heterocycles. The van der Waals surface area contributed by atoms with Crippen LogP contribution >= 0.6 is 0 Å². The third-order valence-corrected chi connectivity index (χ3v) is 2.92. The molecule has 19 heavy (non-hydrogen) atoms. The highest BCUT2D eigenvalue weighted by molar-refractivity contribution is 5.69. The van der Waals surface area contributed by atoms with E-state index in [1.54, 1.807) is 0 Å². The summed E-state index contributed by atoms with van der Waals surface area (Å²) in [6.45, 7) is 7.96. The molecule has 0 aliphatic carbocycles. The number of carbonyl (C=O) groups is 1. The average molecular weight is 262 g/mol. The van der Waals surface area contributed by atoms with Crippen LogP contribution in [0.5, 0.6) is 0 Å². The first-order valence-corrected chi connectivity index (χ1v) is 7.12. The standard InChI is InChI=1S/C17H26O2/c1-14(13-15-10-6-5-7-11-15)9-8-12-16(18)19-17(2,3)4/h5-7,10-11,14H,8-9,12-13H2,1-4H3/t14-/m1/s1. The minimum Gasteiger partial charge on any atom is -0.460 e. The van der Waals surface area contributed by atoms with E-state index >= 15 is 0 Å². The second-order valence-electron chi connectivity index (χ2n) is 6.27. The summed E-state index contributed by atoms with van der Waals surface area (Å²) in [7, 11) is 0. The molecule has 0 aromatic heterocycles. The number of benzene rings is 1. The Morgan fingerprint density at radius 2 is 1.84 bits per heavy atom. The van der Waals surface area contributed by atoms with Crippen LogP contribution in [0.3, 0.4) is 0 Å². The van der Waals surface area contributed by atoms with Crippen LogP contribution in [0.15, 0.2) is 30.3 Å². The largest absolute Gasteiger partial charge is 0.460 e. The maximum atomic E-state index is 11.6. The van der Waals surface area contributed by atoms with E-state index in [4.69, 9.17) is 4.74 Å². The smallest absolute Gasteiger partial charge is 0.306 e. The van der Waals surface area contributed by atoms with Gasteiger partial charge in [-0.15, -0.1) is 0 Å².